The lowest BCUT2D eigenvalue weighted by atomic mass is 10.1. The highest BCUT2D eigenvalue weighted by Gasteiger charge is 2.21. The van der Waals surface area contributed by atoms with Gasteiger partial charge >= 0.3 is 0 Å². The molecule has 1 saturated heterocycles. The molecule has 0 aliphatic carbocycles. The van der Waals surface area contributed by atoms with Crippen LogP contribution in [0.2, 0.25) is 0 Å². The van der Waals surface area contributed by atoms with Gasteiger partial charge < -0.3 is 14.5 Å². The third-order valence-corrected chi connectivity index (χ3v) is 5.70. The molecule has 174 valence electrons. The fraction of sp³-hybridized carbons (Fsp3) is 0.423. The number of aromatic nitrogens is 2. The smallest absolute Gasteiger partial charge is 0.247 e. The van der Waals surface area contributed by atoms with E-state index >= 15 is 0 Å². The summed E-state index contributed by atoms with van der Waals surface area (Å²) >= 11 is 0. The van der Waals surface area contributed by atoms with Gasteiger partial charge in [-0.15, -0.1) is 10.2 Å². The number of nitrogens with zero attached hydrogens (tertiary/aromatic N) is 3. The fourth-order valence-corrected chi connectivity index (χ4v) is 4.18. The maximum atomic E-state index is 12.2. The molecule has 1 aliphatic heterocycles. The number of amides is 1. The first-order valence-corrected chi connectivity index (χ1v) is 11.7. The normalized spacial score (nSPS) is 18.8. The Morgan fingerprint density at radius 2 is 1.70 bits per heavy atom. The molecule has 33 heavy (non-hydrogen) atoms. The van der Waals surface area contributed by atoms with Crippen molar-refractivity contribution in [2.45, 2.75) is 58.4 Å². The van der Waals surface area contributed by atoms with Gasteiger partial charge in [0.15, 0.2) is 0 Å². The molecule has 1 fully saturated rings. The van der Waals surface area contributed by atoms with Crippen LogP contribution in [0, 0.1) is 0 Å². The lowest BCUT2D eigenvalue weighted by Gasteiger charge is -2.35. The number of rotatable bonds is 9. The quantitative estimate of drug-likeness (QED) is 0.533. The van der Waals surface area contributed by atoms with Gasteiger partial charge in [-0.2, -0.15) is 0 Å². The third-order valence-electron chi connectivity index (χ3n) is 5.70. The van der Waals surface area contributed by atoms with E-state index in [1.165, 1.54) is 5.56 Å². The third kappa shape index (κ3) is 6.97. The molecule has 0 spiro atoms. The topological polar surface area (TPSA) is 80.5 Å². The number of carbonyl (C=O) groups excluding carboxylic acids is 1. The molecule has 7 heteroatoms. The summed E-state index contributed by atoms with van der Waals surface area (Å²) in [6, 6.07) is 18.1. The number of aryl methyl sites for hydroxylation is 1. The molecule has 3 aromatic rings. The van der Waals surface area contributed by atoms with Crippen LogP contribution in [0.5, 0.6) is 0 Å². The number of ether oxygens (including phenoxy) is 1. The van der Waals surface area contributed by atoms with E-state index in [9.17, 15) is 4.79 Å². The summed E-state index contributed by atoms with van der Waals surface area (Å²) in [7, 11) is 0. The Labute approximate surface area is 195 Å². The average Bonchev–Trinajstić information content (AvgIpc) is 3.27. The standard InChI is InChI=1S/C26H32N4O3/c1-19-16-30(17-20(2)32-19)18-22-13-11-21(12-14-22)15-27-24(31)9-6-10-25-28-29-26(33-25)23-7-4-3-5-8-23/h3-5,7-8,11-14,19-20H,6,9-10,15-18H2,1-2H3,(H,27,31)/t19-,20-/m0/s1. The maximum Gasteiger partial charge on any atom is 0.247 e. The second kappa shape index (κ2) is 11.2. The first kappa shape index (κ1) is 23.1. The van der Waals surface area contributed by atoms with E-state index in [0.717, 1.165) is 30.8 Å². The minimum absolute atomic E-state index is 0.0261. The van der Waals surface area contributed by atoms with Gasteiger partial charge in [0.2, 0.25) is 17.7 Å². The molecule has 1 amide bonds. The lowest BCUT2D eigenvalue weighted by molar-refractivity contribution is -0.121. The SMILES string of the molecule is C[C@H]1CN(Cc2ccc(CNC(=O)CCCc3nnc(-c4ccccc4)o3)cc2)C[C@H](C)O1. The Hall–Kier alpha value is -3.03. The van der Waals surface area contributed by atoms with Crippen LogP contribution in [-0.2, 0) is 29.0 Å². The predicted octanol–water partition coefficient (Wildman–Crippen LogP) is 3.98. The summed E-state index contributed by atoms with van der Waals surface area (Å²) in [4.78, 5) is 14.7. The van der Waals surface area contributed by atoms with Crippen LogP contribution in [0.25, 0.3) is 11.5 Å². The summed E-state index contributed by atoms with van der Waals surface area (Å²) in [5.74, 6) is 1.09. The minimum atomic E-state index is 0.0261. The molecule has 0 radical (unpaired) electrons. The number of nitrogens with one attached hydrogen (secondary N) is 1. The van der Waals surface area contributed by atoms with Gasteiger partial charge in [0, 0.05) is 44.6 Å². The predicted molar refractivity (Wildman–Crippen MR) is 126 cm³/mol. The highest BCUT2D eigenvalue weighted by atomic mass is 16.5. The van der Waals surface area contributed by atoms with E-state index in [0.29, 0.717) is 37.6 Å². The van der Waals surface area contributed by atoms with Crippen molar-refractivity contribution in [1.29, 1.82) is 0 Å². The number of hydrogen-bond donors (Lipinski definition) is 1. The molecule has 0 unspecified atom stereocenters. The van der Waals surface area contributed by atoms with Crippen LogP contribution < -0.4 is 5.32 Å². The molecule has 0 bridgehead atoms. The second-order valence-electron chi connectivity index (χ2n) is 8.77. The largest absolute Gasteiger partial charge is 0.421 e. The van der Waals surface area contributed by atoms with E-state index in [4.69, 9.17) is 9.15 Å². The maximum absolute atomic E-state index is 12.2. The van der Waals surface area contributed by atoms with Crippen LogP contribution in [0.4, 0.5) is 0 Å². The molecule has 1 aliphatic rings. The van der Waals surface area contributed by atoms with Crippen LogP contribution in [0.3, 0.4) is 0 Å². The average molecular weight is 449 g/mol. The van der Waals surface area contributed by atoms with Crippen molar-refractivity contribution in [1.82, 2.24) is 20.4 Å². The zero-order valence-electron chi connectivity index (χ0n) is 19.4. The first-order valence-electron chi connectivity index (χ1n) is 11.7. The van der Waals surface area contributed by atoms with E-state index in [-0.39, 0.29) is 18.1 Å². The Bertz CT molecular complexity index is 1010. The van der Waals surface area contributed by atoms with Gasteiger partial charge in [-0.05, 0) is 43.5 Å². The molecule has 0 saturated carbocycles. The van der Waals surface area contributed by atoms with Gasteiger partial charge in [0.1, 0.15) is 0 Å². The Kier molecular flexibility index (Phi) is 7.86. The molecule has 4 rings (SSSR count). The van der Waals surface area contributed by atoms with Crippen molar-refractivity contribution in [2.75, 3.05) is 13.1 Å². The number of carbonyl (C=O) groups is 1. The lowest BCUT2D eigenvalue weighted by Crippen LogP contribution is -2.44. The van der Waals surface area contributed by atoms with Crippen molar-refractivity contribution < 1.29 is 13.9 Å². The van der Waals surface area contributed by atoms with Crippen LogP contribution in [0.1, 0.15) is 43.7 Å². The van der Waals surface area contributed by atoms with Gasteiger partial charge in [-0.25, -0.2) is 0 Å². The molecule has 2 aromatic carbocycles. The van der Waals surface area contributed by atoms with Crippen molar-refractivity contribution in [3.63, 3.8) is 0 Å². The fourth-order valence-electron chi connectivity index (χ4n) is 4.18. The second-order valence-corrected chi connectivity index (χ2v) is 8.77. The van der Waals surface area contributed by atoms with Crippen LogP contribution in [-0.4, -0.2) is 46.3 Å². The summed E-state index contributed by atoms with van der Waals surface area (Å²) in [5, 5.41) is 11.2. The Morgan fingerprint density at radius 3 is 2.42 bits per heavy atom. The minimum Gasteiger partial charge on any atom is -0.421 e. The molecular formula is C26H32N4O3. The molecule has 1 aromatic heterocycles. The first-order chi connectivity index (χ1) is 16.0. The molecular weight excluding hydrogens is 416 g/mol. The van der Waals surface area contributed by atoms with Gasteiger partial charge in [0.05, 0.1) is 12.2 Å². The molecule has 2 heterocycles. The van der Waals surface area contributed by atoms with Crippen molar-refractivity contribution >= 4 is 5.91 Å². The van der Waals surface area contributed by atoms with E-state index in [1.807, 2.05) is 30.3 Å². The highest BCUT2D eigenvalue weighted by molar-refractivity contribution is 5.75. The molecule has 7 nitrogen and oxygen atoms in total. The zero-order valence-corrected chi connectivity index (χ0v) is 19.4. The van der Waals surface area contributed by atoms with Crippen molar-refractivity contribution in [3.05, 3.63) is 71.6 Å². The zero-order chi connectivity index (χ0) is 23.0. The number of hydrogen-bond acceptors (Lipinski definition) is 6. The Morgan fingerprint density at radius 1 is 1.00 bits per heavy atom. The van der Waals surface area contributed by atoms with E-state index < -0.39 is 0 Å². The van der Waals surface area contributed by atoms with Crippen molar-refractivity contribution in [3.8, 4) is 11.5 Å². The summed E-state index contributed by atoms with van der Waals surface area (Å²) in [6.45, 7) is 7.62. The van der Waals surface area contributed by atoms with Crippen molar-refractivity contribution in [2.24, 2.45) is 0 Å². The highest BCUT2D eigenvalue weighted by Crippen LogP contribution is 2.18. The van der Waals surface area contributed by atoms with Crippen LogP contribution in [0.15, 0.2) is 59.0 Å². The van der Waals surface area contributed by atoms with Gasteiger partial charge in [-0.3, -0.25) is 9.69 Å². The summed E-state index contributed by atoms with van der Waals surface area (Å²) in [6.07, 6.45) is 2.22. The summed E-state index contributed by atoms with van der Waals surface area (Å²) < 4.78 is 11.5. The molecule has 2 atom stereocenters. The van der Waals surface area contributed by atoms with Crippen LogP contribution >= 0.6 is 0 Å². The van der Waals surface area contributed by atoms with Gasteiger partial charge in [0.25, 0.3) is 0 Å². The number of benzene rings is 2. The number of morpholine rings is 1. The molecule has 1 N–H and O–H groups in total. The Balaban J connectivity index is 1.16. The summed E-state index contributed by atoms with van der Waals surface area (Å²) in [5.41, 5.74) is 3.27. The van der Waals surface area contributed by atoms with E-state index in [2.05, 4.69) is 58.5 Å². The van der Waals surface area contributed by atoms with E-state index in [1.54, 1.807) is 0 Å². The van der Waals surface area contributed by atoms with Gasteiger partial charge in [-0.1, -0.05) is 42.5 Å². The monoisotopic (exact) mass is 448 g/mol.